The molecule has 0 N–H and O–H groups in total. The number of rotatable bonds is 19. The standard InChI is InChI=1S/C24H50O4SSi4/c1-8-9-10-11-12-13-17-20-24(22-29(25)21-23-18-15-14-16-19-23)33(26-30(2)3,27-31(4)5)28-32(6)7/h14-16,18-19,24,30-32H,8-13,17,20-22H2,1-7H3. The number of hydrogen-bond donors (Lipinski definition) is 0. The van der Waals surface area contributed by atoms with Crippen LogP contribution in [0.3, 0.4) is 0 Å². The highest BCUT2D eigenvalue weighted by molar-refractivity contribution is 7.84. The monoisotopic (exact) mass is 546 g/mol. The minimum absolute atomic E-state index is 0.136. The summed E-state index contributed by atoms with van der Waals surface area (Å²) in [6.45, 7) is 15.5. The zero-order valence-electron chi connectivity index (χ0n) is 22.3. The van der Waals surface area contributed by atoms with Crippen LogP contribution in [0.4, 0.5) is 0 Å². The molecular weight excluding hydrogens is 497 g/mol. The lowest BCUT2D eigenvalue weighted by Crippen LogP contribution is -2.57. The average Bonchev–Trinajstić information content (AvgIpc) is 2.71. The third-order valence-electron chi connectivity index (χ3n) is 5.41. The second-order valence-corrected chi connectivity index (χ2v) is 22.6. The molecule has 0 aliphatic carbocycles. The summed E-state index contributed by atoms with van der Waals surface area (Å²) in [4.78, 5) is 0. The van der Waals surface area contributed by atoms with Crippen LogP contribution in [0.15, 0.2) is 30.3 Å². The van der Waals surface area contributed by atoms with E-state index in [0.717, 1.165) is 18.4 Å². The number of hydrogen-bond acceptors (Lipinski definition) is 4. The van der Waals surface area contributed by atoms with Crippen molar-refractivity contribution in [1.29, 1.82) is 0 Å². The van der Waals surface area contributed by atoms with Crippen LogP contribution in [0.2, 0.25) is 44.8 Å². The second kappa shape index (κ2) is 17.5. The first-order valence-electron chi connectivity index (χ1n) is 13.1. The van der Waals surface area contributed by atoms with Gasteiger partial charge in [-0.15, -0.1) is 0 Å². The molecule has 0 aromatic heterocycles. The molecule has 0 fully saturated rings. The van der Waals surface area contributed by atoms with Crippen molar-refractivity contribution in [2.45, 2.75) is 109 Å². The SMILES string of the molecule is CCCCCCCCCC(CS(=O)Cc1ccccc1)[Si](O[SiH](C)C)(O[SiH](C)C)O[SiH](C)C. The third-order valence-corrected chi connectivity index (χ3v) is 18.2. The van der Waals surface area contributed by atoms with Crippen molar-refractivity contribution in [3.8, 4) is 0 Å². The highest BCUT2D eigenvalue weighted by atomic mass is 32.2. The van der Waals surface area contributed by atoms with Crippen LogP contribution in [0.1, 0.15) is 63.9 Å². The second-order valence-electron chi connectivity index (χ2n) is 9.95. The fourth-order valence-corrected chi connectivity index (χ4v) is 19.7. The molecule has 0 spiro atoms. The molecule has 0 bridgehead atoms. The van der Waals surface area contributed by atoms with Crippen molar-refractivity contribution in [3.05, 3.63) is 35.9 Å². The predicted octanol–water partition coefficient (Wildman–Crippen LogP) is 6.39. The highest BCUT2D eigenvalue weighted by Crippen LogP contribution is 2.34. The minimum Gasteiger partial charge on any atom is -0.420 e. The summed E-state index contributed by atoms with van der Waals surface area (Å²) >= 11 is 0. The van der Waals surface area contributed by atoms with Crippen molar-refractivity contribution in [1.82, 2.24) is 0 Å². The fourth-order valence-electron chi connectivity index (χ4n) is 4.11. The lowest BCUT2D eigenvalue weighted by atomic mass is 10.1. The number of benzene rings is 1. The summed E-state index contributed by atoms with van der Waals surface area (Å²) in [6.07, 6.45) is 9.94. The van der Waals surface area contributed by atoms with Gasteiger partial charge in [-0.25, -0.2) is 0 Å². The Kier molecular flexibility index (Phi) is 16.5. The van der Waals surface area contributed by atoms with E-state index in [4.69, 9.17) is 12.3 Å². The topological polar surface area (TPSA) is 44.8 Å². The molecule has 0 radical (unpaired) electrons. The van der Waals surface area contributed by atoms with E-state index in [1.165, 1.54) is 38.5 Å². The van der Waals surface area contributed by atoms with E-state index in [0.29, 0.717) is 11.5 Å². The van der Waals surface area contributed by atoms with Crippen molar-refractivity contribution < 1.29 is 16.6 Å². The molecule has 1 aromatic rings. The lowest BCUT2D eigenvalue weighted by Gasteiger charge is -2.40. The van der Waals surface area contributed by atoms with Gasteiger partial charge in [0.15, 0.2) is 27.1 Å². The molecule has 1 rings (SSSR count). The first kappa shape index (κ1) is 31.1. The summed E-state index contributed by atoms with van der Waals surface area (Å²) in [5.74, 6) is 1.22. The van der Waals surface area contributed by atoms with E-state index >= 15 is 0 Å². The van der Waals surface area contributed by atoms with E-state index in [1.54, 1.807) is 0 Å². The van der Waals surface area contributed by atoms with Gasteiger partial charge in [0, 0.05) is 27.8 Å². The first-order chi connectivity index (χ1) is 15.7. The summed E-state index contributed by atoms with van der Waals surface area (Å²) in [5, 5.41) is 0. The van der Waals surface area contributed by atoms with Crippen LogP contribution in [0.25, 0.3) is 0 Å². The maximum Gasteiger partial charge on any atom is 0.473 e. The third kappa shape index (κ3) is 13.7. The fraction of sp³-hybridized carbons (Fsp3) is 0.750. The van der Waals surface area contributed by atoms with Crippen LogP contribution >= 0.6 is 0 Å². The van der Waals surface area contributed by atoms with E-state index in [2.05, 4.69) is 58.3 Å². The predicted molar refractivity (Wildman–Crippen MR) is 155 cm³/mol. The van der Waals surface area contributed by atoms with Crippen molar-refractivity contribution in [2.24, 2.45) is 0 Å². The molecule has 0 aliphatic rings. The molecule has 192 valence electrons. The molecular formula is C24H50O4SSi4. The summed E-state index contributed by atoms with van der Waals surface area (Å²) in [6, 6.07) is 10.2. The summed E-state index contributed by atoms with van der Waals surface area (Å²) in [5.41, 5.74) is 1.27. The van der Waals surface area contributed by atoms with Crippen molar-refractivity contribution in [3.63, 3.8) is 0 Å². The zero-order valence-corrected chi connectivity index (χ0v) is 27.6. The Balaban J connectivity index is 3.02. The quantitative estimate of drug-likeness (QED) is 0.149. The van der Waals surface area contributed by atoms with E-state index in [-0.39, 0.29) is 5.54 Å². The lowest BCUT2D eigenvalue weighted by molar-refractivity contribution is 0.249. The van der Waals surface area contributed by atoms with Gasteiger partial charge < -0.3 is 12.3 Å². The molecule has 0 heterocycles. The van der Waals surface area contributed by atoms with Gasteiger partial charge in [0.25, 0.3) is 0 Å². The van der Waals surface area contributed by atoms with Gasteiger partial charge in [-0.1, -0.05) is 82.2 Å². The van der Waals surface area contributed by atoms with Crippen LogP contribution in [0, 0.1) is 0 Å². The Hall–Kier alpha value is 0.118. The van der Waals surface area contributed by atoms with E-state index in [9.17, 15) is 4.21 Å². The average molecular weight is 547 g/mol. The first-order valence-corrected chi connectivity index (χ1v) is 24.7. The van der Waals surface area contributed by atoms with Gasteiger partial charge in [0.2, 0.25) is 0 Å². The van der Waals surface area contributed by atoms with Crippen molar-refractivity contribution in [2.75, 3.05) is 5.75 Å². The molecule has 9 heteroatoms. The number of unbranched alkanes of at least 4 members (excludes halogenated alkanes) is 6. The highest BCUT2D eigenvalue weighted by Gasteiger charge is 2.50. The van der Waals surface area contributed by atoms with Gasteiger partial charge in [-0.3, -0.25) is 4.21 Å². The van der Waals surface area contributed by atoms with Crippen molar-refractivity contribution >= 4 is 46.7 Å². The van der Waals surface area contributed by atoms with Crippen LogP contribution in [-0.4, -0.2) is 45.9 Å². The van der Waals surface area contributed by atoms with Gasteiger partial charge in [-0.2, -0.15) is 0 Å². The van der Waals surface area contributed by atoms with Crippen LogP contribution in [0.5, 0.6) is 0 Å². The Morgan fingerprint density at radius 2 is 1.27 bits per heavy atom. The Labute approximate surface area is 213 Å². The van der Waals surface area contributed by atoms with E-state index < -0.39 is 46.7 Å². The Bertz CT molecular complexity index is 620. The molecule has 0 saturated carbocycles. The normalized spacial score (nSPS) is 14.4. The van der Waals surface area contributed by atoms with E-state index in [1.807, 2.05) is 18.2 Å². The van der Waals surface area contributed by atoms with Gasteiger partial charge in [0.1, 0.15) is 0 Å². The smallest absolute Gasteiger partial charge is 0.420 e. The maximum atomic E-state index is 13.3. The van der Waals surface area contributed by atoms with Crippen LogP contribution in [-0.2, 0) is 28.9 Å². The van der Waals surface area contributed by atoms with Gasteiger partial charge >= 0.3 is 8.80 Å². The minimum atomic E-state index is -2.88. The molecule has 0 amide bonds. The Morgan fingerprint density at radius 3 is 1.76 bits per heavy atom. The Morgan fingerprint density at radius 1 is 0.788 bits per heavy atom. The molecule has 0 saturated heterocycles. The molecule has 1 aromatic carbocycles. The van der Waals surface area contributed by atoms with Crippen LogP contribution < -0.4 is 0 Å². The van der Waals surface area contributed by atoms with Gasteiger partial charge in [-0.05, 0) is 51.3 Å². The largest absolute Gasteiger partial charge is 0.473 e. The molecule has 33 heavy (non-hydrogen) atoms. The summed E-state index contributed by atoms with van der Waals surface area (Å²) in [7, 11) is -8.00. The molecule has 2 unspecified atom stereocenters. The molecule has 4 nitrogen and oxygen atoms in total. The van der Waals surface area contributed by atoms with Gasteiger partial charge in [0.05, 0.1) is 0 Å². The zero-order chi connectivity index (χ0) is 24.7. The molecule has 2 atom stereocenters. The summed E-state index contributed by atoms with van der Waals surface area (Å²) < 4.78 is 33.6. The molecule has 0 aliphatic heterocycles. The maximum absolute atomic E-state index is 13.3.